The molecular formula is C22H35F3O. The third kappa shape index (κ3) is 6.28. The highest BCUT2D eigenvalue weighted by Crippen LogP contribution is 2.42. The predicted molar refractivity (Wildman–Crippen MR) is 98.6 cm³/mol. The van der Waals surface area contributed by atoms with Crippen LogP contribution in [0.15, 0.2) is 12.2 Å². The molecule has 0 atom stereocenters. The van der Waals surface area contributed by atoms with E-state index in [1.165, 1.54) is 51.4 Å². The van der Waals surface area contributed by atoms with Gasteiger partial charge < -0.3 is 0 Å². The van der Waals surface area contributed by atoms with E-state index in [4.69, 9.17) is 0 Å². The topological polar surface area (TPSA) is 9.23 Å². The van der Waals surface area contributed by atoms with Crippen molar-refractivity contribution in [2.45, 2.75) is 96.4 Å². The zero-order valence-corrected chi connectivity index (χ0v) is 16.1. The molecule has 3 aliphatic rings. The summed E-state index contributed by atoms with van der Waals surface area (Å²) in [5.74, 6) is 3.78. The lowest BCUT2D eigenvalue weighted by Crippen LogP contribution is -2.31. The molecule has 0 aromatic carbocycles. The van der Waals surface area contributed by atoms with Gasteiger partial charge in [-0.15, -0.1) is 13.2 Å². The Morgan fingerprint density at radius 1 is 0.654 bits per heavy atom. The predicted octanol–water partition coefficient (Wildman–Crippen LogP) is 7.27. The van der Waals surface area contributed by atoms with E-state index in [2.05, 4.69) is 23.8 Å². The third-order valence-corrected chi connectivity index (χ3v) is 7.22. The minimum absolute atomic E-state index is 0.574. The lowest BCUT2D eigenvalue weighted by Gasteiger charge is -2.37. The second-order valence-corrected chi connectivity index (χ2v) is 9.18. The van der Waals surface area contributed by atoms with Crippen LogP contribution in [0.2, 0.25) is 0 Å². The monoisotopic (exact) mass is 372 g/mol. The molecule has 3 fully saturated rings. The summed E-state index contributed by atoms with van der Waals surface area (Å²) in [6.45, 7) is 2.37. The fourth-order valence-electron chi connectivity index (χ4n) is 5.47. The molecule has 3 saturated carbocycles. The first-order valence-electron chi connectivity index (χ1n) is 10.8. The van der Waals surface area contributed by atoms with Gasteiger partial charge in [0, 0.05) is 0 Å². The lowest BCUT2D eigenvalue weighted by molar-refractivity contribution is -0.346. The second-order valence-electron chi connectivity index (χ2n) is 9.18. The van der Waals surface area contributed by atoms with E-state index in [1.807, 2.05) is 0 Å². The van der Waals surface area contributed by atoms with Crippen LogP contribution >= 0.6 is 0 Å². The molecule has 3 aliphatic carbocycles. The molecule has 0 spiro atoms. The van der Waals surface area contributed by atoms with Crippen molar-refractivity contribution < 1.29 is 17.9 Å². The van der Waals surface area contributed by atoms with Crippen LogP contribution in [0.25, 0.3) is 0 Å². The van der Waals surface area contributed by atoms with Crippen molar-refractivity contribution in [1.29, 1.82) is 0 Å². The van der Waals surface area contributed by atoms with Gasteiger partial charge in [0.2, 0.25) is 0 Å². The molecule has 0 aromatic heterocycles. The Labute approximate surface area is 156 Å². The Morgan fingerprint density at radius 3 is 1.54 bits per heavy atom. The Kier molecular flexibility index (Phi) is 7.10. The maximum Gasteiger partial charge on any atom is 0.522 e. The largest absolute Gasteiger partial charge is 0.522 e. The van der Waals surface area contributed by atoms with Crippen LogP contribution in [0, 0.1) is 29.6 Å². The average Bonchev–Trinajstić information content (AvgIpc) is 2.61. The highest BCUT2D eigenvalue weighted by Gasteiger charge is 2.37. The molecule has 0 unspecified atom stereocenters. The summed E-state index contributed by atoms with van der Waals surface area (Å²) < 4.78 is 41.2. The van der Waals surface area contributed by atoms with Gasteiger partial charge in [0.05, 0.1) is 6.10 Å². The Balaban J connectivity index is 1.35. The highest BCUT2D eigenvalue weighted by molar-refractivity contribution is 4.96. The molecule has 0 aliphatic heterocycles. The summed E-state index contributed by atoms with van der Waals surface area (Å²) in [4.78, 5) is 0. The van der Waals surface area contributed by atoms with Crippen molar-refractivity contribution in [3.63, 3.8) is 0 Å². The van der Waals surface area contributed by atoms with Crippen molar-refractivity contribution in [3.05, 3.63) is 12.2 Å². The summed E-state index contributed by atoms with van der Waals surface area (Å²) in [5, 5.41) is 0. The van der Waals surface area contributed by atoms with Gasteiger partial charge >= 0.3 is 6.36 Å². The van der Waals surface area contributed by atoms with E-state index in [0.717, 1.165) is 36.5 Å². The van der Waals surface area contributed by atoms with Crippen LogP contribution in [0.5, 0.6) is 0 Å². The molecule has 26 heavy (non-hydrogen) atoms. The normalized spacial score (nSPS) is 40.0. The summed E-state index contributed by atoms with van der Waals surface area (Å²) in [7, 11) is 0. The molecule has 0 amide bonds. The lowest BCUT2D eigenvalue weighted by atomic mass is 9.70. The standard InChI is InChI=1S/C22H35F3O/c1-16-2-4-17(5-3-16)6-7-18-8-10-19(11-9-18)20-12-14-21(15-13-20)26-22(23,24)25/h6-7,16-21H,2-5,8-15H2,1H3/b7-6+. The van der Waals surface area contributed by atoms with Gasteiger partial charge in [-0.2, -0.15) is 0 Å². The number of halogens is 3. The molecule has 0 aromatic rings. The quantitative estimate of drug-likeness (QED) is 0.471. The molecule has 3 rings (SSSR count). The van der Waals surface area contributed by atoms with Gasteiger partial charge in [0.1, 0.15) is 0 Å². The Bertz CT molecular complexity index is 435. The molecule has 0 bridgehead atoms. The van der Waals surface area contributed by atoms with E-state index in [9.17, 15) is 13.2 Å². The van der Waals surface area contributed by atoms with Gasteiger partial charge in [-0.1, -0.05) is 31.9 Å². The minimum Gasteiger partial charge on any atom is -0.289 e. The number of alkyl halides is 3. The van der Waals surface area contributed by atoms with Gasteiger partial charge in [-0.25, -0.2) is 0 Å². The molecular weight excluding hydrogens is 337 g/mol. The zero-order chi connectivity index (χ0) is 18.6. The van der Waals surface area contributed by atoms with Crippen LogP contribution in [0.1, 0.15) is 84.0 Å². The smallest absolute Gasteiger partial charge is 0.289 e. The second kappa shape index (κ2) is 9.12. The first-order valence-corrected chi connectivity index (χ1v) is 10.8. The Hall–Kier alpha value is -0.510. The molecule has 0 heterocycles. The number of hydrogen-bond acceptors (Lipinski definition) is 1. The maximum atomic E-state index is 12.3. The molecule has 150 valence electrons. The van der Waals surface area contributed by atoms with Crippen molar-refractivity contribution in [1.82, 2.24) is 0 Å². The van der Waals surface area contributed by atoms with Crippen molar-refractivity contribution in [2.24, 2.45) is 29.6 Å². The zero-order valence-electron chi connectivity index (χ0n) is 16.1. The van der Waals surface area contributed by atoms with Crippen LogP contribution < -0.4 is 0 Å². The Morgan fingerprint density at radius 2 is 1.08 bits per heavy atom. The van der Waals surface area contributed by atoms with Gasteiger partial charge in [0.15, 0.2) is 0 Å². The fourth-order valence-corrected chi connectivity index (χ4v) is 5.47. The van der Waals surface area contributed by atoms with Crippen LogP contribution in [0.4, 0.5) is 13.2 Å². The van der Waals surface area contributed by atoms with E-state index in [1.54, 1.807) is 0 Å². The SMILES string of the molecule is CC1CCC(/C=C/C2CCC(C3CCC(OC(F)(F)F)CC3)CC2)CC1. The van der Waals surface area contributed by atoms with E-state index < -0.39 is 12.5 Å². The first-order chi connectivity index (χ1) is 12.4. The van der Waals surface area contributed by atoms with Crippen LogP contribution in [-0.2, 0) is 4.74 Å². The average molecular weight is 373 g/mol. The van der Waals surface area contributed by atoms with E-state index >= 15 is 0 Å². The minimum atomic E-state index is -4.47. The summed E-state index contributed by atoms with van der Waals surface area (Å²) in [6, 6.07) is 0. The molecule has 0 N–H and O–H groups in total. The fraction of sp³-hybridized carbons (Fsp3) is 0.909. The maximum absolute atomic E-state index is 12.3. The number of ether oxygens (including phenoxy) is 1. The molecule has 1 nitrogen and oxygen atoms in total. The molecule has 0 radical (unpaired) electrons. The van der Waals surface area contributed by atoms with Crippen LogP contribution in [-0.4, -0.2) is 12.5 Å². The third-order valence-electron chi connectivity index (χ3n) is 7.22. The van der Waals surface area contributed by atoms with Gasteiger partial charge in [0.25, 0.3) is 0 Å². The van der Waals surface area contributed by atoms with Crippen molar-refractivity contribution >= 4 is 0 Å². The number of allylic oxidation sites excluding steroid dienone is 2. The van der Waals surface area contributed by atoms with E-state index in [0.29, 0.717) is 18.8 Å². The number of rotatable bonds is 4. The summed E-state index contributed by atoms with van der Waals surface area (Å²) in [6.07, 6.45) is 13.4. The molecule has 4 heteroatoms. The highest BCUT2D eigenvalue weighted by atomic mass is 19.4. The van der Waals surface area contributed by atoms with E-state index in [-0.39, 0.29) is 0 Å². The van der Waals surface area contributed by atoms with Gasteiger partial charge in [-0.3, -0.25) is 4.74 Å². The van der Waals surface area contributed by atoms with Gasteiger partial charge in [-0.05, 0) is 93.8 Å². The number of hydrogen-bond donors (Lipinski definition) is 0. The van der Waals surface area contributed by atoms with Crippen molar-refractivity contribution in [3.8, 4) is 0 Å². The summed E-state index contributed by atoms with van der Waals surface area (Å²) in [5.41, 5.74) is 0. The van der Waals surface area contributed by atoms with Crippen LogP contribution in [0.3, 0.4) is 0 Å². The first kappa shape index (κ1) is 20.2. The summed E-state index contributed by atoms with van der Waals surface area (Å²) >= 11 is 0. The molecule has 0 saturated heterocycles. The van der Waals surface area contributed by atoms with Crippen molar-refractivity contribution in [2.75, 3.05) is 0 Å².